The maximum atomic E-state index is 13.2. The number of hydrogen-bond donors (Lipinski definition) is 1. The minimum atomic E-state index is -0.485. The van der Waals surface area contributed by atoms with E-state index in [4.69, 9.17) is 0 Å². The van der Waals surface area contributed by atoms with Crippen molar-refractivity contribution in [2.45, 2.75) is 17.9 Å². The minimum absolute atomic E-state index is 0.0254. The van der Waals surface area contributed by atoms with Crippen LogP contribution in [0.15, 0.2) is 65.7 Å². The Kier molecular flexibility index (Phi) is 6.04. The highest BCUT2D eigenvalue weighted by Crippen LogP contribution is 2.28. The molecule has 0 saturated carbocycles. The lowest BCUT2D eigenvalue weighted by Gasteiger charge is -2.29. The summed E-state index contributed by atoms with van der Waals surface area (Å²) in [6, 6.07) is 16.7. The number of nitrogens with one attached hydrogen (secondary N) is 1. The van der Waals surface area contributed by atoms with E-state index in [2.05, 4.69) is 21.6 Å². The monoisotopic (exact) mass is 422 g/mol. The molecule has 30 heavy (non-hydrogen) atoms. The molecule has 1 N–H and O–H groups in total. The van der Waals surface area contributed by atoms with E-state index in [1.165, 1.54) is 35.5 Å². The van der Waals surface area contributed by atoms with Gasteiger partial charge < -0.3 is 10.2 Å². The van der Waals surface area contributed by atoms with Crippen LogP contribution >= 0.6 is 11.8 Å². The number of amides is 2. The second-order valence-electron chi connectivity index (χ2n) is 6.79. The Labute approximate surface area is 177 Å². The van der Waals surface area contributed by atoms with Crippen molar-refractivity contribution in [3.63, 3.8) is 0 Å². The number of fused-ring (bicyclic) bond motifs is 1. The Morgan fingerprint density at radius 3 is 2.73 bits per heavy atom. The largest absolute Gasteiger partial charge is 0.311 e. The van der Waals surface area contributed by atoms with Crippen LogP contribution in [0.2, 0.25) is 0 Å². The number of benzene rings is 2. The van der Waals surface area contributed by atoms with Crippen LogP contribution in [0.25, 0.3) is 0 Å². The number of anilines is 2. The molecule has 0 bridgehead atoms. The van der Waals surface area contributed by atoms with E-state index < -0.39 is 11.7 Å². The van der Waals surface area contributed by atoms with E-state index in [9.17, 15) is 14.0 Å². The lowest BCUT2D eigenvalue weighted by atomic mass is 10.0. The van der Waals surface area contributed by atoms with Crippen LogP contribution in [-0.4, -0.2) is 34.3 Å². The molecule has 3 aromatic rings. The molecule has 2 amide bonds. The van der Waals surface area contributed by atoms with Crippen LogP contribution in [0, 0.1) is 5.82 Å². The fourth-order valence-electron chi connectivity index (χ4n) is 3.29. The third-order valence-corrected chi connectivity index (χ3v) is 5.63. The van der Waals surface area contributed by atoms with Gasteiger partial charge in [-0.3, -0.25) is 9.59 Å². The third-order valence-electron chi connectivity index (χ3n) is 4.72. The average Bonchev–Trinajstić information content (AvgIpc) is 2.78. The lowest BCUT2D eigenvalue weighted by molar-refractivity contribution is -0.116. The summed E-state index contributed by atoms with van der Waals surface area (Å²) < 4.78 is 13.2. The molecule has 6 nitrogen and oxygen atoms in total. The molecule has 0 aliphatic carbocycles. The number of carbonyl (C=O) groups excluding carboxylic acids is 2. The molecule has 152 valence electrons. The molecule has 2 heterocycles. The zero-order valence-electron chi connectivity index (χ0n) is 16.0. The molecule has 1 aliphatic heterocycles. The molecule has 0 fully saturated rings. The summed E-state index contributed by atoms with van der Waals surface area (Å²) in [4.78, 5) is 26.7. The summed E-state index contributed by atoms with van der Waals surface area (Å²) in [5.74, 6) is -0.426. The quantitative estimate of drug-likeness (QED) is 0.631. The number of para-hydroxylation sites is 1. The summed E-state index contributed by atoms with van der Waals surface area (Å²) >= 11 is 1.30. The summed E-state index contributed by atoms with van der Waals surface area (Å²) in [6.45, 7) is 0.715. The van der Waals surface area contributed by atoms with E-state index in [1.54, 1.807) is 12.1 Å². The lowest BCUT2D eigenvalue weighted by Crippen LogP contribution is -2.36. The van der Waals surface area contributed by atoms with Crippen molar-refractivity contribution in [1.82, 2.24) is 10.2 Å². The highest BCUT2D eigenvalue weighted by atomic mass is 32.2. The van der Waals surface area contributed by atoms with Gasteiger partial charge in [-0.1, -0.05) is 36.0 Å². The van der Waals surface area contributed by atoms with Crippen molar-refractivity contribution < 1.29 is 14.0 Å². The highest BCUT2D eigenvalue weighted by molar-refractivity contribution is 7.99. The fraction of sp³-hybridized carbons (Fsp3) is 0.182. The number of rotatable bonds is 5. The molecule has 8 heteroatoms. The van der Waals surface area contributed by atoms with Gasteiger partial charge in [0.2, 0.25) is 5.91 Å². The van der Waals surface area contributed by atoms with Crippen molar-refractivity contribution in [2.24, 2.45) is 0 Å². The molecule has 0 atom stereocenters. The van der Waals surface area contributed by atoms with E-state index in [0.717, 1.165) is 24.6 Å². The van der Waals surface area contributed by atoms with Crippen molar-refractivity contribution in [3.8, 4) is 0 Å². The SMILES string of the molecule is O=C(Nc1ccc(SCC(=O)N2CCCc3ccccc32)nn1)c1cccc(F)c1. The van der Waals surface area contributed by atoms with Gasteiger partial charge in [0.25, 0.3) is 5.91 Å². The third kappa shape index (κ3) is 4.65. The maximum Gasteiger partial charge on any atom is 0.256 e. The zero-order valence-corrected chi connectivity index (χ0v) is 16.9. The van der Waals surface area contributed by atoms with Gasteiger partial charge in [0.05, 0.1) is 5.75 Å². The van der Waals surface area contributed by atoms with Crippen LogP contribution in [0.5, 0.6) is 0 Å². The van der Waals surface area contributed by atoms with Gasteiger partial charge in [-0.15, -0.1) is 10.2 Å². The van der Waals surface area contributed by atoms with Crippen molar-refractivity contribution in [2.75, 3.05) is 22.5 Å². The van der Waals surface area contributed by atoms with Crippen molar-refractivity contribution in [1.29, 1.82) is 0 Å². The molecule has 0 saturated heterocycles. The van der Waals surface area contributed by atoms with Crippen LogP contribution in [0.1, 0.15) is 22.3 Å². The summed E-state index contributed by atoms with van der Waals surface area (Å²) in [6.07, 6.45) is 1.94. The van der Waals surface area contributed by atoms with Crippen LogP contribution in [-0.2, 0) is 11.2 Å². The van der Waals surface area contributed by atoms with Gasteiger partial charge in [-0.05, 0) is 54.8 Å². The second kappa shape index (κ2) is 9.04. The van der Waals surface area contributed by atoms with Crippen molar-refractivity contribution >= 4 is 35.1 Å². The zero-order chi connectivity index (χ0) is 20.9. The number of halogens is 1. The number of carbonyl (C=O) groups is 2. The predicted octanol–water partition coefficient (Wildman–Crippen LogP) is 3.94. The molecule has 4 rings (SSSR count). The average molecular weight is 422 g/mol. The van der Waals surface area contributed by atoms with Gasteiger partial charge in [-0.2, -0.15) is 0 Å². The van der Waals surface area contributed by atoms with Gasteiger partial charge in [0.15, 0.2) is 5.82 Å². The van der Waals surface area contributed by atoms with Crippen LogP contribution < -0.4 is 10.2 Å². The Morgan fingerprint density at radius 2 is 1.93 bits per heavy atom. The normalized spacial score (nSPS) is 12.9. The Bertz CT molecular complexity index is 1070. The maximum absolute atomic E-state index is 13.2. The van der Waals surface area contributed by atoms with Gasteiger partial charge in [0, 0.05) is 17.8 Å². The smallest absolute Gasteiger partial charge is 0.256 e. The number of aromatic nitrogens is 2. The number of hydrogen-bond acceptors (Lipinski definition) is 5. The van der Waals surface area contributed by atoms with E-state index in [-0.39, 0.29) is 23.0 Å². The summed E-state index contributed by atoms with van der Waals surface area (Å²) in [5, 5.41) is 11.2. The van der Waals surface area contributed by atoms with Crippen molar-refractivity contribution in [3.05, 3.63) is 77.6 Å². The molecule has 0 spiro atoms. The fourth-order valence-corrected chi connectivity index (χ4v) is 3.98. The first-order chi connectivity index (χ1) is 14.6. The van der Waals surface area contributed by atoms with Crippen LogP contribution in [0.3, 0.4) is 0 Å². The molecule has 1 aromatic heterocycles. The highest BCUT2D eigenvalue weighted by Gasteiger charge is 2.22. The van der Waals surface area contributed by atoms with Crippen LogP contribution in [0.4, 0.5) is 15.9 Å². The second-order valence-corrected chi connectivity index (χ2v) is 7.78. The first-order valence-electron chi connectivity index (χ1n) is 9.52. The number of aryl methyl sites for hydroxylation is 1. The molecular weight excluding hydrogens is 403 g/mol. The minimum Gasteiger partial charge on any atom is -0.311 e. The van der Waals surface area contributed by atoms with E-state index in [0.29, 0.717) is 11.6 Å². The van der Waals surface area contributed by atoms with Gasteiger partial charge in [0.1, 0.15) is 10.8 Å². The van der Waals surface area contributed by atoms with Gasteiger partial charge in [-0.25, -0.2) is 4.39 Å². The van der Waals surface area contributed by atoms with E-state index >= 15 is 0 Å². The standard InChI is InChI=1S/C22H19FN4O2S/c23-17-8-3-6-16(13-17)22(29)24-19-10-11-20(26-25-19)30-14-21(28)27-12-4-7-15-5-1-2-9-18(15)27/h1-3,5-6,8-11,13H,4,7,12,14H2,(H,24,25,29). The Hall–Kier alpha value is -3.26. The predicted molar refractivity (Wildman–Crippen MR) is 114 cm³/mol. The molecule has 1 aliphatic rings. The first-order valence-corrected chi connectivity index (χ1v) is 10.5. The topological polar surface area (TPSA) is 75.2 Å². The van der Waals surface area contributed by atoms with E-state index in [1.807, 2.05) is 23.1 Å². The van der Waals surface area contributed by atoms with Gasteiger partial charge >= 0.3 is 0 Å². The molecule has 2 aromatic carbocycles. The number of thioether (sulfide) groups is 1. The molecule has 0 unspecified atom stereocenters. The first kappa shape index (κ1) is 20.0. The Balaban J connectivity index is 1.34. The summed E-state index contributed by atoms with van der Waals surface area (Å²) in [7, 11) is 0. The number of nitrogens with zero attached hydrogens (tertiary/aromatic N) is 3. The molecular formula is C22H19FN4O2S. The Morgan fingerprint density at radius 1 is 1.07 bits per heavy atom. The molecule has 0 radical (unpaired) electrons. The summed E-state index contributed by atoms with van der Waals surface area (Å²) in [5.41, 5.74) is 2.37.